The predicted molar refractivity (Wildman–Crippen MR) is 151 cm³/mol. The summed E-state index contributed by atoms with van der Waals surface area (Å²) in [6.07, 6.45) is 1.71. The Labute approximate surface area is 233 Å². The molecule has 0 saturated heterocycles. The van der Waals surface area contributed by atoms with E-state index in [4.69, 9.17) is 23.6 Å². The maximum absolute atomic E-state index is 12.2. The fourth-order valence-corrected chi connectivity index (χ4v) is 4.98. The van der Waals surface area contributed by atoms with E-state index in [1.54, 1.807) is 43.9 Å². The lowest BCUT2D eigenvalue weighted by Crippen LogP contribution is -2.21. The average Bonchev–Trinajstić information content (AvgIpc) is 3.69. The average molecular weight is 556 g/mol. The van der Waals surface area contributed by atoms with Crippen LogP contribution in [0.3, 0.4) is 0 Å². The van der Waals surface area contributed by atoms with Crippen molar-refractivity contribution in [3.8, 4) is 39.4 Å². The molecule has 0 fully saturated rings. The molecule has 0 aliphatic heterocycles. The van der Waals surface area contributed by atoms with Crippen LogP contribution < -0.4 is 14.2 Å². The first kappa shape index (κ1) is 25.4. The highest BCUT2D eigenvalue weighted by atomic mass is 32.1. The van der Waals surface area contributed by atoms with E-state index in [1.165, 1.54) is 11.3 Å². The lowest BCUT2D eigenvalue weighted by atomic mass is 10.1. The van der Waals surface area contributed by atoms with E-state index in [0.717, 1.165) is 22.3 Å². The van der Waals surface area contributed by atoms with Crippen molar-refractivity contribution in [2.45, 2.75) is 6.61 Å². The fraction of sp³-hybridized carbons (Fsp3) is 0.172. The third-order valence-electron chi connectivity index (χ3n) is 6.32. The Hall–Kier alpha value is -4.90. The molecule has 0 spiro atoms. The molecule has 202 valence electrons. The number of carbonyl (C=O) groups excluding carboxylic acids is 1. The molecule has 6 aromatic rings. The van der Waals surface area contributed by atoms with E-state index < -0.39 is 0 Å². The van der Waals surface area contributed by atoms with Gasteiger partial charge >= 0.3 is 0 Å². The van der Waals surface area contributed by atoms with Crippen LogP contribution in [0.2, 0.25) is 0 Å². The second-order valence-corrected chi connectivity index (χ2v) is 10.1. The molecule has 0 saturated carbocycles. The zero-order valence-corrected chi connectivity index (χ0v) is 23.1. The zero-order chi connectivity index (χ0) is 27.8. The lowest BCUT2D eigenvalue weighted by Gasteiger charge is -2.11. The molecule has 0 N–H and O–H groups in total. The van der Waals surface area contributed by atoms with Gasteiger partial charge in [0.15, 0.2) is 5.76 Å². The number of nitrogens with zero attached hydrogens (tertiary/aromatic N) is 5. The first-order chi connectivity index (χ1) is 19.4. The van der Waals surface area contributed by atoms with Gasteiger partial charge in [-0.25, -0.2) is 9.97 Å². The highest BCUT2D eigenvalue weighted by Crippen LogP contribution is 2.38. The Balaban J connectivity index is 1.27. The number of amides is 1. The Bertz CT molecular complexity index is 1840. The summed E-state index contributed by atoms with van der Waals surface area (Å²) in [6.45, 7) is 0.230. The highest BCUT2D eigenvalue weighted by molar-refractivity contribution is 7.18. The van der Waals surface area contributed by atoms with Gasteiger partial charge in [-0.1, -0.05) is 18.2 Å². The second-order valence-electron chi connectivity index (χ2n) is 9.14. The van der Waals surface area contributed by atoms with Crippen LogP contribution in [0.4, 0.5) is 0 Å². The third kappa shape index (κ3) is 4.71. The van der Waals surface area contributed by atoms with Crippen LogP contribution in [0, 0.1) is 0 Å². The van der Waals surface area contributed by atoms with Gasteiger partial charge < -0.3 is 23.5 Å². The Morgan fingerprint density at radius 3 is 2.62 bits per heavy atom. The maximum Gasteiger partial charge on any atom is 0.294 e. The molecule has 0 aliphatic rings. The highest BCUT2D eigenvalue weighted by Gasteiger charge is 2.18. The predicted octanol–water partition coefficient (Wildman–Crippen LogP) is 5.56. The van der Waals surface area contributed by atoms with Gasteiger partial charge in [-0.3, -0.25) is 4.79 Å². The standard InChI is InChI=1S/C29H25N5O5S/c1-33(2)27(35)18-10-8-17(9-11-18)22-7-5-6-19(31-22)16-38-24-12-20(36-3)13-25-21(24)14-26(39-25)23-15-30-28-34(23)32-29(37-4)40-28/h5-15H,16H2,1-4H3. The number of fused-ring (bicyclic) bond motifs is 2. The van der Waals surface area contributed by atoms with Crippen LogP contribution in [0.25, 0.3) is 38.6 Å². The number of aromatic nitrogens is 4. The van der Waals surface area contributed by atoms with E-state index in [9.17, 15) is 4.79 Å². The molecule has 1 amide bonds. The minimum absolute atomic E-state index is 0.0439. The van der Waals surface area contributed by atoms with Gasteiger partial charge in [0.05, 0.1) is 37.2 Å². The SMILES string of the molecule is COc1cc(OCc2cccc(-c3ccc(C(=O)N(C)C)cc3)n2)c2cc(-c3cnc4sc(OC)nn34)oc2c1. The van der Waals surface area contributed by atoms with Crippen molar-refractivity contribution >= 4 is 33.2 Å². The quantitative estimate of drug-likeness (QED) is 0.240. The molecule has 2 aromatic carbocycles. The van der Waals surface area contributed by atoms with E-state index >= 15 is 0 Å². The largest absolute Gasteiger partial charge is 0.496 e. The Morgan fingerprint density at radius 2 is 1.88 bits per heavy atom. The number of ether oxygens (including phenoxy) is 3. The first-order valence-electron chi connectivity index (χ1n) is 12.3. The summed E-state index contributed by atoms with van der Waals surface area (Å²) in [5, 5.41) is 5.73. The van der Waals surface area contributed by atoms with Crippen molar-refractivity contribution in [2.24, 2.45) is 0 Å². The van der Waals surface area contributed by atoms with E-state index in [1.807, 2.05) is 60.7 Å². The molecular weight excluding hydrogens is 530 g/mol. The Kier molecular flexibility index (Phi) is 6.56. The van der Waals surface area contributed by atoms with Gasteiger partial charge in [-0.05, 0) is 41.7 Å². The van der Waals surface area contributed by atoms with Gasteiger partial charge in [0.25, 0.3) is 11.1 Å². The normalized spacial score (nSPS) is 11.2. The van der Waals surface area contributed by atoms with Gasteiger partial charge in [0.2, 0.25) is 4.96 Å². The topological polar surface area (TPSA) is 104 Å². The first-order valence-corrected chi connectivity index (χ1v) is 13.2. The zero-order valence-electron chi connectivity index (χ0n) is 22.2. The van der Waals surface area contributed by atoms with Gasteiger partial charge in [0.1, 0.15) is 29.4 Å². The van der Waals surface area contributed by atoms with Crippen LogP contribution >= 0.6 is 11.3 Å². The number of hydrogen-bond donors (Lipinski definition) is 0. The summed E-state index contributed by atoms with van der Waals surface area (Å²) in [7, 11) is 6.64. The summed E-state index contributed by atoms with van der Waals surface area (Å²) in [6, 6.07) is 18.7. The number of benzene rings is 2. The molecule has 10 nitrogen and oxygen atoms in total. The minimum atomic E-state index is -0.0439. The van der Waals surface area contributed by atoms with Crippen molar-refractivity contribution in [1.82, 2.24) is 24.5 Å². The van der Waals surface area contributed by atoms with Crippen molar-refractivity contribution < 1.29 is 23.4 Å². The third-order valence-corrected chi connectivity index (χ3v) is 7.20. The van der Waals surface area contributed by atoms with Crippen LogP contribution in [0.15, 0.2) is 71.3 Å². The molecule has 4 aromatic heterocycles. The van der Waals surface area contributed by atoms with Crippen molar-refractivity contribution in [1.29, 1.82) is 0 Å². The molecule has 0 bridgehead atoms. The van der Waals surface area contributed by atoms with Crippen molar-refractivity contribution in [3.05, 3.63) is 78.1 Å². The maximum atomic E-state index is 12.2. The van der Waals surface area contributed by atoms with E-state index in [-0.39, 0.29) is 12.5 Å². The number of imidazole rings is 1. The summed E-state index contributed by atoms with van der Waals surface area (Å²) in [5.74, 6) is 1.74. The summed E-state index contributed by atoms with van der Waals surface area (Å²) in [5.41, 5.74) is 4.37. The van der Waals surface area contributed by atoms with Gasteiger partial charge in [-0.15, -0.1) is 5.10 Å². The molecule has 0 atom stereocenters. The molecule has 0 unspecified atom stereocenters. The smallest absolute Gasteiger partial charge is 0.294 e. The van der Waals surface area contributed by atoms with E-state index in [0.29, 0.717) is 44.3 Å². The summed E-state index contributed by atoms with van der Waals surface area (Å²) in [4.78, 5) is 23.7. The summed E-state index contributed by atoms with van der Waals surface area (Å²) < 4.78 is 24.9. The number of pyridine rings is 1. The number of rotatable bonds is 8. The lowest BCUT2D eigenvalue weighted by molar-refractivity contribution is 0.0827. The van der Waals surface area contributed by atoms with Crippen LogP contribution in [0.5, 0.6) is 16.7 Å². The Morgan fingerprint density at radius 1 is 1.05 bits per heavy atom. The number of methoxy groups -OCH3 is 2. The minimum Gasteiger partial charge on any atom is -0.496 e. The van der Waals surface area contributed by atoms with Crippen molar-refractivity contribution in [2.75, 3.05) is 28.3 Å². The molecule has 4 heterocycles. The van der Waals surface area contributed by atoms with Crippen molar-refractivity contribution in [3.63, 3.8) is 0 Å². The molecule has 0 radical (unpaired) electrons. The monoisotopic (exact) mass is 555 g/mol. The van der Waals surface area contributed by atoms with Crippen LogP contribution in [-0.4, -0.2) is 58.7 Å². The van der Waals surface area contributed by atoms with E-state index in [2.05, 4.69) is 10.1 Å². The molecule has 40 heavy (non-hydrogen) atoms. The van der Waals surface area contributed by atoms with Gasteiger partial charge in [0, 0.05) is 37.4 Å². The molecule has 6 rings (SSSR count). The van der Waals surface area contributed by atoms with Crippen LogP contribution in [-0.2, 0) is 6.61 Å². The summed E-state index contributed by atoms with van der Waals surface area (Å²) >= 11 is 1.35. The second kappa shape index (κ2) is 10.3. The number of furan rings is 1. The van der Waals surface area contributed by atoms with Gasteiger partial charge in [-0.2, -0.15) is 4.52 Å². The van der Waals surface area contributed by atoms with Crippen LogP contribution in [0.1, 0.15) is 16.1 Å². The number of hydrogen-bond acceptors (Lipinski definition) is 9. The fourth-order valence-electron chi connectivity index (χ4n) is 4.29. The molecule has 11 heteroatoms. The molecule has 0 aliphatic carbocycles. The number of carbonyl (C=O) groups is 1. The molecular formula is C29H25N5O5S.